The fraction of sp³-hybridized carbons (Fsp3) is 0.250. The van der Waals surface area contributed by atoms with E-state index >= 15 is 0 Å². The standard InChI is InChI=1S/C16H16N4O2S/c21-23(22,20-7-1-2-8-20)14-5-3-12(4-6-14)13-9-15-16(17-10-13)19-11-18-15/h3-6,9-11H,1-2,7-8H2,(H,17,18,19). The second-order valence-corrected chi connectivity index (χ2v) is 7.57. The number of nitrogens with zero attached hydrogens (tertiary/aromatic N) is 3. The molecule has 1 N–H and O–H groups in total. The molecule has 0 atom stereocenters. The molecule has 118 valence electrons. The highest BCUT2D eigenvalue weighted by molar-refractivity contribution is 7.89. The largest absolute Gasteiger partial charge is 0.343 e. The molecule has 3 aromatic rings. The maximum atomic E-state index is 12.5. The van der Waals surface area contributed by atoms with Gasteiger partial charge in [0.05, 0.1) is 16.7 Å². The average molecular weight is 328 g/mol. The first-order valence-corrected chi connectivity index (χ1v) is 8.98. The molecule has 1 saturated heterocycles. The van der Waals surface area contributed by atoms with Crippen LogP contribution in [0.4, 0.5) is 0 Å². The maximum absolute atomic E-state index is 12.5. The van der Waals surface area contributed by atoms with E-state index < -0.39 is 10.0 Å². The number of sulfonamides is 1. The molecule has 4 rings (SSSR count). The third-order valence-corrected chi connectivity index (χ3v) is 6.08. The molecule has 0 unspecified atom stereocenters. The van der Waals surface area contributed by atoms with Gasteiger partial charge in [-0.2, -0.15) is 4.31 Å². The van der Waals surface area contributed by atoms with Crippen LogP contribution in [0.1, 0.15) is 12.8 Å². The summed E-state index contributed by atoms with van der Waals surface area (Å²) in [6, 6.07) is 8.93. The van der Waals surface area contributed by atoms with Crippen molar-refractivity contribution in [2.75, 3.05) is 13.1 Å². The highest BCUT2D eigenvalue weighted by Crippen LogP contribution is 2.25. The van der Waals surface area contributed by atoms with Gasteiger partial charge in [-0.05, 0) is 36.6 Å². The molecule has 7 heteroatoms. The van der Waals surface area contributed by atoms with E-state index in [-0.39, 0.29) is 0 Å². The van der Waals surface area contributed by atoms with Gasteiger partial charge in [0.1, 0.15) is 0 Å². The number of rotatable bonds is 3. The van der Waals surface area contributed by atoms with Crippen molar-refractivity contribution in [3.05, 3.63) is 42.9 Å². The lowest BCUT2D eigenvalue weighted by molar-refractivity contribution is 0.477. The van der Waals surface area contributed by atoms with Gasteiger partial charge in [0.2, 0.25) is 10.0 Å². The van der Waals surface area contributed by atoms with E-state index in [1.165, 1.54) is 0 Å². The third kappa shape index (κ3) is 2.51. The van der Waals surface area contributed by atoms with E-state index in [2.05, 4.69) is 15.0 Å². The van der Waals surface area contributed by atoms with Crippen LogP contribution in [0.25, 0.3) is 22.3 Å². The first-order chi connectivity index (χ1) is 11.1. The Morgan fingerprint density at radius 3 is 2.48 bits per heavy atom. The van der Waals surface area contributed by atoms with Gasteiger partial charge in [0, 0.05) is 24.8 Å². The van der Waals surface area contributed by atoms with E-state index in [0.717, 1.165) is 29.5 Å². The second kappa shape index (κ2) is 5.43. The van der Waals surface area contributed by atoms with E-state index in [1.807, 2.05) is 18.2 Å². The normalized spacial score (nSPS) is 16.2. The quantitative estimate of drug-likeness (QED) is 0.801. The smallest absolute Gasteiger partial charge is 0.243 e. The highest BCUT2D eigenvalue weighted by Gasteiger charge is 2.26. The molecular formula is C16H16N4O2S. The molecule has 2 aromatic heterocycles. The van der Waals surface area contributed by atoms with Gasteiger partial charge in [-0.1, -0.05) is 12.1 Å². The van der Waals surface area contributed by atoms with E-state index in [9.17, 15) is 8.42 Å². The number of aromatic nitrogens is 3. The van der Waals surface area contributed by atoms with Gasteiger partial charge in [-0.25, -0.2) is 18.4 Å². The van der Waals surface area contributed by atoms with Gasteiger partial charge < -0.3 is 4.98 Å². The Morgan fingerprint density at radius 2 is 1.74 bits per heavy atom. The van der Waals surface area contributed by atoms with E-state index in [0.29, 0.717) is 23.6 Å². The molecule has 1 aliphatic heterocycles. The van der Waals surface area contributed by atoms with E-state index in [4.69, 9.17) is 0 Å². The van der Waals surface area contributed by atoms with Gasteiger partial charge >= 0.3 is 0 Å². The Morgan fingerprint density at radius 1 is 1.00 bits per heavy atom. The van der Waals surface area contributed by atoms with Crippen molar-refractivity contribution in [3.8, 4) is 11.1 Å². The van der Waals surface area contributed by atoms with Crippen LogP contribution < -0.4 is 0 Å². The van der Waals surface area contributed by atoms with Gasteiger partial charge in [0.25, 0.3) is 0 Å². The van der Waals surface area contributed by atoms with Crippen LogP contribution in [0.5, 0.6) is 0 Å². The van der Waals surface area contributed by atoms with Crippen molar-refractivity contribution in [3.63, 3.8) is 0 Å². The van der Waals surface area contributed by atoms with Crippen LogP contribution in [-0.4, -0.2) is 40.8 Å². The summed E-state index contributed by atoms with van der Waals surface area (Å²) in [6.45, 7) is 1.23. The zero-order valence-electron chi connectivity index (χ0n) is 12.4. The average Bonchev–Trinajstić information content (AvgIpc) is 3.26. The Kier molecular flexibility index (Phi) is 3.39. The Balaban J connectivity index is 1.67. The minimum absolute atomic E-state index is 0.346. The third-order valence-electron chi connectivity index (χ3n) is 4.16. The predicted octanol–water partition coefficient (Wildman–Crippen LogP) is 2.41. The lowest BCUT2D eigenvalue weighted by atomic mass is 10.1. The number of aromatic amines is 1. The molecule has 0 spiro atoms. The number of fused-ring (bicyclic) bond motifs is 1. The Bertz CT molecular complexity index is 942. The van der Waals surface area contributed by atoms with Gasteiger partial charge in [0.15, 0.2) is 5.65 Å². The van der Waals surface area contributed by atoms with Crippen LogP contribution >= 0.6 is 0 Å². The minimum Gasteiger partial charge on any atom is -0.343 e. The van der Waals surface area contributed by atoms with Crippen molar-refractivity contribution in [1.29, 1.82) is 0 Å². The number of pyridine rings is 1. The molecule has 3 heterocycles. The number of hydrogen-bond acceptors (Lipinski definition) is 4. The Labute approximate surface area is 134 Å². The summed E-state index contributed by atoms with van der Waals surface area (Å²) in [6.07, 6.45) is 5.22. The molecule has 0 bridgehead atoms. The molecule has 1 fully saturated rings. The summed E-state index contributed by atoms with van der Waals surface area (Å²) in [7, 11) is -3.36. The first-order valence-electron chi connectivity index (χ1n) is 7.54. The molecule has 6 nitrogen and oxygen atoms in total. The molecule has 0 aliphatic carbocycles. The fourth-order valence-electron chi connectivity index (χ4n) is 2.88. The minimum atomic E-state index is -3.36. The van der Waals surface area contributed by atoms with Gasteiger partial charge in [-0.3, -0.25) is 0 Å². The van der Waals surface area contributed by atoms with Gasteiger partial charge in [-0.15, -0.1) is 0 Å². The molecule has 0 amide bonds. The molecule has 1 aromatic carbocycles. The van der Waals surface area contributed by atoms with Crippen molar-refractivity contribution in [1.82, 2.24) is 19.3 Å². The summed E-state index contributed by atoms with van der Waals surface area (Å²) >= 11 is 0. The predicted molar refractivity (Wildman–Crippen MR) is 87.3 cm³/mol. The molecule has 0 radical (unpaired) electrons. The number of nitrogens with one attached hydrogen (secondary N) is 1. The highest BCUT2D eigenvalue weighted by atomic mass is 32.2. The molecule has 1 aliphatic rings. The summed E-state index contributed by atoms with van der Waals surface area (Å²) < 4.78 is 26.6. The van der Waals surface area contributed by atoms with Crippen LogP contribution in [0.2, 0.25) is 0 Å². The van der Waals surface area contributed by atoms with Crippen LogP contribution in [0.3, 0.4) is 0 Å². The lowest BCUT2D eigenvalue weighted by Gasteiger charge is -2.15. The van der Waals surface area contributed by atoms with E-state index in [1.54, 1.807) is 29.0 Å². The SMILES string of the molecule is O=S(=O)(c1ccc(-c2cnc3nc[nH]c3c2)cc1)N1CCCC1. The summed E-state index contributed by atoms with van der Waals surface area (Å²) in [4.78, 5) is 11.7. The summed E-state index contributed by atoms with van der Waals surface area (Å²) in [5.41, 5.74) is 3.37. The second-order valence-electron chi connectivity index (χ2n) is 5.63. The first kappa shape index (κ1) is 14.3. The van der Waals surface area contributed by atoms with Crippen molar-refractivity contribution in [2.24, 2.45) is 0 Å². The maximum Gasteiger partial charge on any atom is 0.243 e. The molecular weight excluding hydrogens is 312 g/mol. The monoisotopic (exact) mass is 328 g/mol. The summed E-state index contributed by atoms with van der Waals surface area (Å²) in [5, 5.41) is 0. The van der Waals surface area contributed by atoms with Crippen molar-refractivity contribution in [2.45, 2.75) is 17.7 Å². The topological polar surface area (TPSA) is 79.0 Å². The van der Waals surface area contributed by atoms with Crippen molar-refractivity contribution >= 4 is 21.2 Å². The molecule has 23 heavy (non-hydrogen) atoms. The lowest BCUT2D eigenvalue weighted by Crippen LogP contribution is -2.27. The Hall–Kier alpha value is -2.25. The molecule has 0 saturated carbocycles. The number of H-pyrrole nitrogens is 1. The number of hydrogen-bond donors (Lipinski definition) is 1. The van der Waals surface area contributed by atoms with Crippen LogP contribution in [0, 0.1) is 0 Å². The fourth-order valence-corrected chi connectivity index (χ4v) is 4.40. The summed E-state index contributed by atoms with van der Waals surface area (Å²) in [5.74, 6) is 0. The zero-order valence-corrected chi connectivity index (χ0v) is 13.3. The van der Waals surface area contributed by atoms with Crippen LogP contribution in [0.15, 0.2) is 47.8 Å². The van der Waals surface area contributed by atoms with Crippen molar-refractivity contribution < 1.29 is 8.42 Å². The number of benzene rings is 1. The zero-order chi connectivity index (χ0) is 15.9. The van der Waals surface area contributed by atoms with Crippen LogP contribution in [-0.2, 0) is 10.0 Å². The number of imidazole rings is 1.